The first-order chi connectivity index (χ1) is 2.43. The summed E-state index contributed by atoms with van der Waals surface area (Å²) in [6.07, 6.45) is 1.86. The van der Waals surface area contributed by atoms with E-state index < -0.39 is 0 Å². The van der Waals surface area contributed by atoms with E-state index in [1.807, 2.05) is 6.08 Å². The summed E-state index contributed by atoms with van der Waals surface area (Å²) in [6, 6.07) is 0.523. The number of hydrogen-bond acceptors (Lipinski definition) is 0. The predicted molar refractivity (Wildman–Crippen MR) is 21.0 cm³/mol. The van der Waals surface area contributed by atoms with Gasteiger partial charge in [-0.05, 0) is 0 Å². The Bertz CT molecular complexity index is 45.6. The minimum Gasteiger partial charge on any atom is -0.231 e. The summed E-state index contributed by atoms with van der Waals surface area (Å²) in [5.41, 5.74) is 0. The molecule has 0 N–H and O–H groups in total. The Balaban J connectivity index is 2.21. The largest absolute Gasteiger partial charge is 0.231 e. The molecule has 1 aliphatic heterocycles. The van der Waals surface area contributed by atoms with E-state index in [4.69, 9.17) is 0 Å². The summed E-state index contributed by atoms with van der Waals surface area (Å²) in [4.78, 5) is 0. The van der Waals surface area contributed by atoms with Crippen LogP contribution in [-0.2, 0) is 0 Å². The zero-order valence-electron chi connectivity index (χ0n) is 3.02. The van der Waals surface area contributed by atoms with Crippen molar-refractivity contribution >= 4 is 0 Å². The van der Waals surface area contributed by atoms with E-state index in [-0.39, 0.29) is 0 Å². The van der Waals surface area contributed by atoms with Crippen LogP contribution >= 0.6 is 0 Å². The van der Waals surface area contributed by atoms with Crippen LogP contribution in [-0.4, -0.2) is 12.6 Å². The third-order valence-electron chi connectivity index (χ3n) is 0.665. The summed E-state index contributed by atoms with van der Waals surface area (Å²) in [7, 11) is 0. The van der Waals surface area contributed by atoms with Gasteiger partial charge in [-0.25, -0.2) is 5.32 Å². The molecule has 0 amide bonds. The lowest BCUT2D eigenvalue weighted by atomic mass is 10.5. The molecular weight excluding hydrogens is 62.1 g/mol. The van der Waals surface area contributed by atoms with Gasteiger partial charge < -0.3 is 0 Å². The second-order valence-corrected chi connectivity index (χ2v) is 1.17. The van der Waals surface area contributed by atoms with E-state index in [2.05, 4.69) is 11.9 Å². The van der Waals surface area contributed by atoms with Crippen LogP contribution in [0.25, 0.3) is 0 Å². The smallest absolute Gasteiger partial charge is 0.0566 e. The molecule has 0 aromatic rings. The predicted octanol–water partition coefficient (Wildman–Crippen LogP) is 0.159. The monoisotopic (exact) mass is 68.1 g/mol. The average Bonchev–Trinajstić information content (AvgIpc) is 2.12. The summed E-state index contributed by atoms with van der Waals surface area (Å²) < 4.78 is 0. The lowest BCUT2D eigenvalue weighted by Crippen LogP contribution is -1.70. The molecule has 0 bridgehead atoms. The van der Waals surface area contributed by atoms with E-state index in [0.29, 0.717) is 6.04 Å². The lowest BCUT2D eigenvalue weighted by molar-refractivity contribution is 1.19. The highest BCUT2D eigenvalue weighted by atomic mass is 15.1. The van der Waals surface area contributed by atoms with Gasteiger partial charge in [-0.3, -0.25) is 0 Å². The maximum Gasteiger partial charge on any atom is 0.0566 e. The molecule has 0 aromatic carbocycles. The normalized spacial score (nSPS) is 33.2. The number of rotatable bonds is 1. The molecule has 1 unspecified atom stereocenters. The second kappa shape index (κ2) is 0.830. The molecule has 0 aromatic heterocycles. The first-order valence-electron chi connectivity index (χ1n) is 1.72. The molecule has 1 aliphatic rings. The number of nitrogens with zero attached hydrogens (tertiary/aromatic N) is 1. The molecule has 1 radical (unpaired) electrons. The van der Waals surface area contributed by atoms with Crippen molar-refractivity contribution in [3.05, 3.63) is 12.7 Å². The fraction of sp³-hybridized carbons (Fsp3) is 0.500. The van der Waals surface area contributed by atoms with Crippen LogP contribution in [0.2, 0.25) is 0 Å². The van der Waals surface area contributed by atoms with Crippen molar-refractivity contribution in [3.63, 3.8) is 0 Å². The van der Waals surface area contributed by atoms with Crippen LogP contribution in [0.4, 0.5) is 0 Å². The van der Waals surface area contributed by atoms with Crippen molar-refractivity contribution in [2.45, 2.75) is 6.04 Å². The van der Waals surface area contributed by atoms with Gasteiger partial charge in [0, 0.05) is 6.54 Å². The highest BCUT2D eigenvalue weighted by Crippen LogP contribution is 1.97. The van der Waals surface area contributed by atoms with E-state index >= 15 is 0 Å². The molecule has 1 atom stereocenters. The number of hydrogen-bond donors (Lipinski definition) is 0. The Hall–Kier alpha value is -0.300. The first kappa shape index (κ1) is 2.91. The van der Waals surface area contributed by atoms with Gasteiger partial charge in [0.2, 0.25) is 0 Å². The van der Waals surface area contributed by atoms with Gasteiger partial charge in [0.15, 0.2) is 0 Å². The van der Waals surface area contributed by atoms with Gasteiger partial charge in [-0.1, -0.05) is 6.08 Å². The summed E-state index contributed by atoms with van der Waals surface area (Å²) in [5, 5.41) is 3.90. The van der Waals surface area contributed by atoms with Crippen molar-refractivity contribution in [1.29, 1.82) is 0 Å². The maximum absolute atomic E-state index is 3.90. The summed E-state index contributed by atoms with van der Waals surface area (Å²) in [5.74, 6) is 0. The van der Waals surface area contributed by atoms with Crippen LogP contribution in [0.15, 0.2) is 12.7 Å². The molecule has 1 heteroatoms. The summed E-state index contributed by atoms with van der Waals surface area (Å²) >= 11 is 0. The fourth-order valence-corrected chi connectivity index (χ4v) is 0.210. The van der Waals surface area contributed by atoms with E-state index in [1.165, 1.54) is 0 Å². The average molecular weight is 68.1 g/mol. The topological polar surface area (TPSA) is 14.1 Å². The standard InChI is InChI=1S/C4H6N/c1-2-4-3-5-4/h2,4H,1,3H2. The Kier molecular flexibility index (Phi) is 0.484. The first-order valence-corrected chi connectivity index (χ1v) is 1.72. The van der Waals surface area contributed by atoms with Crippen LogP contribution in [0.1, 0.15) is 0 Å². The van der Waals surface area contributed by atoms with Crippen LogP contribution in [0.3, 0.4) is 0 Å². The van der Waals surface area contributed by atoms with Gasteiger partial charge in [-0.2, -0.15) is 0 Å². The van der Waals surface area contributed by atoms with Crippen LogP contribution in [0, 0.1) is 0 Å². The molecule has 1 rings (SSSR count). The molecule has 0 aliphatic carbocycles. The minimum absolute atomic E-state index is 0.523. The van der Waals surface area contributed by atoms with E-state index in [0.717, 1.165) is 6.54 Å². The van der Waals surface area contributed by atoms with Crippen molar-refractivity contribution in [1.82, 2.24) is 5.32 Å². The zero-order chi connectivity index (χ0) is 3.70. The van der Waals surface area contributed by atoms with Gasteiger partial charge in [0.05, 0.1) is 6.04 Å². The highest BCUT2D eigenvalue weighted by Gasteiger charge is 2.16. The Morgan fingerprint density at radius 3 is 2.60 bits per heavy atom. The fourth-order valence-electron chi connectivity index (χ4n) is 0.210. The van der Waals surface area contributed by atoms with Gasteiger partial charge in [0.1, 0.15) is 0 Å². The highest BCUT2D eigenvalue weighted by molar-refractivity contribution is 4.97. The van der Waals surface area contributed by atoms with Crippen molar-refractivity contribution in [2.24, 2.45) is 0 Å². The van der Waals surface area contributed by atoms with Gasteiger partial charge in [-0.15, -0.1) is 6.58 Å². The Morgan fingerprint density at radius 1 is 2.00 bits per heavy atom. The van der Waals surface area contributed by atoms with Gasteiger partial charge in [0.25, 0.3) is 0 Å². The molecule has 0 saturated carbocycles. The second-order valence-electron chi connectivity index (χ2n) is 1.17. The van der Waals surface area contributed by atoms with Crippen molar-refractivity contribution in [3.8, 4) is 0 Å². The van der Waals surface area contributed by atoms with E-state index in [9.17, 15) is 0 Å². The third-order valence-corrected chi connectivity index (χ3v) is 0.665. The molecule has 1 heterocycles. The maximum atomic E-state index is 3.90. The van der Waals surface area contributed by atoms with Crippen LogP contribution < -0.4 is 5.32 Å². The Morgan fingerprint density at radius 2 is 2.60 bits per heavy atom. The lowest BCUT2D eigenvalue weighted by Gasteiger charge is -1.60. The molecule has 1 saturated heterocycles. The summed E-state index contributed by atoms with van der Waals surface area (Å²) in [6.45, 7) is 4.55. The van der Waals surface area contributed by atoms with Crippen LogP contribution in [0.5, 0.6) is 0 Å². The van der Waals surface area contributed by atoms with E-state index in [1.54, 1.807) is 0 Å². The molecule has 1 fully saturated rings. The Labute approximate surface area is 31.7 Å². The SMILES string of the molecule is C=CC1C[N]1. The molecule has 0 spiro atoms. The quantitative estimate of drug-likeness (QED) is 0.307. The third kappa shape index (κ3) is 0.484. The molecule has 5 heavy (non-hydrogen) atoms. The zero-order valence-corrected chi connectivity index (χ0v) is 3.02. The van der Waals surface area contributed by atoms with Crippen molar-refractivity contribution in [2.75, 3.05) is 6.54 Å². The molecule has 27 valence electrons. The molecule has 1 nitrogen and oxygen atoms in total. The molecular formula is C4H6N. The van der Waals surface area contributed by atoms with Gasteiger partial charge >= 0.3 is 0 Å². The minimum atomic E-state index is 0.523. The van der Waals surface area contributed by atoms with Crippen molar-refractivity contribution < 1.29 is 0 Å².